The number of hydrogen-bond donors (Lipinski definition) is 0. The Labute approximate surface area is 137 Å². The highest BCUT2D eigenvalue weighted by Crippen LogP contribution is 2.29. The van der Waals surface area contributed by atoms with Crippen molar-refractivity contribution in [3.63, 3.8) is 0 Å². The lowest BCUT2D eigenvalue weighted by molar-refractivity contribution is 0.0697. The van der Waals surface area contributed by atoms with Crippen LogP contribution in [0.2, 0.25) is 0 Å². The van der Waals surface area contributed by atoms with Gasteiger partial charge in [-0.05, 0) is 38.0 Å². The van der Waals surface area contributed by atoms with Crippen LogP contribution in [0.25, 0.3) is 11.0 Å². The van der Waals surface area contributed by atoms with Gasteiger partial charge in [-0.2, -0.15) is 4.98 Å². The smallest absolute Gasteiger partial charge is 0.254 e. The van der Waals surface area contributed by atoms with Crippen molar-refractivity contribution < 1.29 is 18.1 Å². The SMILES string of the molecule is Cc1noc(C2CCCN(C(=O)c3ccc(F)c4occc34)C2)n1. The zero-order valence-corrected chi connectivity index (χ0v) is 13.2. The third-order valence-electron chi connectivity index (χ3n) is 4.40. The quantitative estimate of drug-likeness (QED) is 0.721. The van der Waals surface area contributed by atoms with E-state index in [0.29, 0.717) is 35.8 Å². The number of halogens is 1. The van der Waals surface area contributed by atoms with Crippen molar-refractivity contribution >= 4 is 16.9 Å². The van der Waals surface area contributed by atoms with Gasteiger partial charge >= 0.3 is 0 Å². The minimum absolute atomic E-state index is 0.0317. The molecule has 2 aromatic heterocycles. The molecule has 0 bridgehead atoms. The molecule has 1 aromatic carbocycles. The largest absolute Gasteiger partial charge is 0.461 e. The lowest BCUT2D eigenvalue weighted by Crippen LogP contribution is -2.39. The molecule has 0 spiro atoms. The number of fused-ring (bicyclic) bond motifs is 1. The number of furan rings is 1. The van der Waals surface area contributed by atoms with E-state index in [4.69, 9.17) is 8.94 Å². The van der Waals surface area contributed by atoms with Crippen LogP contribution >= 0.6 is 0 Å². The van der Waals surface area contributed by atoms with E-state index in [0.717, 1.165) is 12.8 Å². The minimum atomic E-state index is -0.468. The van der Waals surface area contributed by atoms with Crippen LogP contribution in [-0.2, 0) is 0 Å². The standard InChI is InChI=1S/C17H16FN3O3/c1-10-19-16(24-20-10)11-3-2-7-21(9-11)17(22)13-4-5-14(18)15-12(13)6-8-23-15/h4-6,8,11H,2-3,7,9H2,1H3. The molecule has 1 unspecified atom stereocenters. The van der Waals surface area contributed by atoms with E-state index in [9.17, 15) is 9.18 Å². The Morgan fingerprint density at radius 1 is 1.38 bits per heavy atom. The molecule has 1 aliphatic heterocycles. The van der Waals surface area contributed by atoms with Gasteiger partial charge in [-0.15, -0.1) is 0 Å². The van der Waals surface area contributed by atoms with Crippen LogP contribution in [-0.4, -0.2) is 34.0 Å². The minimum Gasteiger partial charge on any atom is -0.461 e. The molecule has 1 atom stereocenters. The summed E-state index contributed by atoms with van der Waals surface area (Å²) in [6, 6.07) is 4.40. The van der Waals surface area contributed by atoms with Crippen LogP contribution in [0.1, 0.15) is 40.8 Å². The molecule has 7 heteroatoms. The first kappa shape index (κ1) is 14.9. The second-order valence-corrected chi connectivity index (χ2v) is 6.03. The van der Waals surface area contributed by atoms with Crippen LogP contribution in [0.4, 0.5) is 4.39 Å². The maximum Gasteiger partial charge on any atom is 0.254 e. The summed E-state index contributed by atoms with van der Waals surface area (Å²) >= 11 is 0. The zero-order chi connectivity index (χ0) is 16.7. The predicted octanol–water partition coefficient (Wildman–Crippen LogP) is 3.28. The van der Waals surface area contributed by atoms with Crippen molar-refractivity contribution in [2.24, 2.45) is 0 Å². The second kappa shape index (κ2) is 5.74. The summed E-state index contributed by atoms with van der Waals surface area (Å²) in [5.41, 5.74) is 0.560. The molecule has 3 aromatic rings. The van der Waals surface area contributed by atoms with E-state index >= 15 is 0 Å². The fourth-order valence-corrected chi connectivity index (χ4v) is 3.23. The number of hydrogen-bond acceptors (Lipinski definition) is 5. The highest BCUT2D eigenvalue weighted by atomic mass is 19.1. The third kappa shape index (κ3) is 2.46. The van der Waals surface area contributed by atoms with Crippen LogP contribution in [0.3, 0.4) is 0 Å². The molecule has 3 heterocycles. The number of rotatable bonds is 2. The van der Waals surface area contributed by atoms with Crippen molar-refractivity contribution in [2.45, 2.75) is 25.7 Å². The molecule has 6 nitrogen and oxygen atoms in total. The molecular weight excluding hydrogens is 313 g/mol. The van der Waals surface area contributed by atoms with Crippen molar-refractivity contribution in [1.29, 1.82) is 0 Å². The third-order valence-corrected chi connectivity index (χ3v) is 4.40. The molecule has 0 N–H and O–H groups in total. The van der Waals surface area contributed by atoms with E-state index in [1.54, 1.807) is 17.9 Å². The molecule has 1 aliphatic rings. The molecule has 0 aliphatic carbocycles. The number of aromatic nitrogens is 2. The highest BCUT2D eigenvalue weighted by Gasteiger charge is 2.29. The van der Waals surface area contributed by atoms with Crippen molar-refractivity contribution in [2.75, 3.05) is 13.1 Å². The van der Waals surface area contributed by atoms with Gasteiger partial charge in [0.15, 0.2) is 17.2 Å². The average molecular weight is 329 g/mol. The Morgan fingerprint density at radius 3 is 3.04 bits per heavy atom. The van der Waals surface area contributed by atoms with Gasteiger partial charge in [-0.3, -0.25) is 4.79 Å². The van der Waals surface area contributed by atoms with Crippen LogP contribution in [0.5, 0.6) is 0 Å². The van der Waals surface area contributed by atoms with Crippen LogP contribution < -0.4 is 0 Å². The molecule has 1 fully saturated rings. The Hall–Kier alpha value is -2.70. The second-order valence-electron chi connectivity index (χ2n) is 6.03. The van der Waals surface area contributed by atoms with Gasteiger partial charge in [-0.25, -0.2) is 4.39 Å². The molecular formula is C17H16FN3O3. The summed E-state index contributed by atoms with van der Waals surface area (Å²) in [5, 5.41) is 4.32. The molecule has 24 heavy (non-hydrogen) atoms. The Balaban J connectivity index is 1.61. The van der Waals surface area contributed by atoms with Gasteiger partial charge < -0.3 is 13.8 Å². The molecule has 4 rings (SSSR count). The lowest BCUT2D eigenvalue weighted by Gasteiger charge is -2.31. The maximum atomic E-state index is 13.7. The first-order valence-corrected chi connectivity index (χ1v) is 7.88. The number of nitrogens with zero attached hydrogens (tertiary/aromatic N) is 3. The number of carbonyl (C=O) groups excluding carboxylic acids is 1. The normalized spacial score (nSPS) is 18.2. The average Bonchev–Trinajstić information content (AvgIpc) is 3.24. The number of carbonyl (C=O) groups is 1. The number of piperidine rings is 1. The summed E-state index contributed by atoms with van der Waals surface area (Å²) in [7, 11) is 0. The summed E-state index contributed by atoms with van der Waals surface area (Å²) in [6.07, 6.45) is 3.15. The Kier molecular flexibility index (Phi) is 3.55. The highest BCUT2D eigenvalue weighted by molar-refractivity contribution is 6.06. The van der Waals surface area contributed by atoms with Gasteiger partial charge in [-0.1, -0.05) is 5.16 Å². The summed E-state index contributed by atoms with van der Waals surface area (Å²) in [5.74, 6) is 0.584. The van der Waals surface area contributed by atoms with Gasteiger partial charge in [0.2, 0.25) is 5.89 Å². The fraction of sp³-hybridized carbons (Fsp3) is 0.353. The van der Waals surface area contributed by atoms with Crippen molar-refractivity contribution in [1.82, 2.24) is 15.0 Å². The van der Waals surface area contributed by atoms with E-state index in [2.05, 4.69) is 10.1 Å². The first-order chi connectivity index (χ1) is 11.6. The van der Waals surface area contributed by atoms with Gasteiger partial charge in [0.25, 0.3) is 5.91 Å². The molecule has 1 amide bonds. The number of benzene rings is 1. The molecule has 0 radical (unpaired) electrons. The summed E-state index contributed by atoms with van der Waals surface area (Å²) in [6.45, 7) is 2.93. The van der Waals surface area contributed by atoms with Crippen LogP contribution in [0.15, 0.2) is 33.4 Å². The maximum absolute atomic E-state index is 13.7. The molecule has 1 saturated heterocycles. The van der Waals surface area contributed by atoms with Crippen LogP contribution in [0, 0.1) is 12.7 Å². The monoisotopic (exact) mass is 329 g/mol. The van der Waals surface area contributed by atoms with E-state index in [1.165, 1.54) is 18.4 Å². The van der Waals surface area contributed by atoms with E-state index in [-0.39, 0.29) is 17.4 Å². The summed E-state index contributed by atoms with van der Waals surface area (Å²) in [4.78, 5) is 18.9. The van der Waals surface area contributed by atoms with E-state index in [1.807, 2.05) is 0 Å². The predicted molar refractivity (Wildman–Crippen MR) is 83.1 cm³/mol. The lowest BCUT2D eigenvalue weighted by atomic mass is 9.97. The molecule has 124 valence electrons. The van der Waals surface area contributed by atoms with Gasteiger partial charge in [0.1, 0.15) is 0 Å². The van der Waals surface area contributed by atoms with Crippen molar-refractivity contribution in [3.8, 4) is 0 Å². The number of aryl methyl sites for hydroxylation is 1. The molecule has 0 saturated carbocycles. The summed E-state index contributed by atoms with van der Waals surface area (Å²) < 4.78 is 24.1. The van der Waals surface area contributed by atoms with E-state index < -0.39 is 5.82 Å². The van der Waals surface area contributed by atoms with Gasteiger partial charge in [0.05, 0.1) is 17.7 Å². The Bertz CT molecular complexity index is 902. The number of amides is 1. The van der Waals surface area contributed by atoms with Gasteiger partial charge in [0, 0.05) is 18.5 Å². The first-order valence-electron chi connectivity index (χ1n) is 7.88. The number of likely N-dealkylation sites (tertiary alicyclic amines) is 1. The topological polar surface area (TPSA) is 72.4 Å². The Morgan fingerprint density at radius 2 is 2.25 bits per heavy atom. The van der Waals surface area contributed by atoms with Crippen molar-refractivity contribution in [3.05, 3.63) is 47.6 Å². The zero-order valence-electron chi connectivity index (χ0n) is 13.2. The fourth-order valence-electron chi connectivity index (χ4n) is 3.23.